The van der Waals surface area contributed by atoms with Crippen LogP contribution in [0.15, 0.2) is 36.0 Å². The van der Waals surface area contributed by atoms with E-state index in [4.69, 9.17) is 16.5 Å². The molecule has 1 aliphatic rings. The van der Waals surface area contributed by atoms with Gasteiger partial charge in [-0.3, -0.25) is 9.59 Å². The van der Waals surface area contributed by atoms with Gasteiger partial charge in [-0.2, -0.15) is 0 Å². The maximum Gasteiger partial charge on any atom is 0.248 e. The number of aromatic nitrogens is 5. The number of benzene rings is 1. The fourth-order valence-corrected chi connectivity index (χ4v) is 5.07. The molecule has 0 aliphatic heterocycles. The highest BCUT2D eigenvalue weighted by Crippen LogP contribution is 2.35. The zero-order valence-electron chi connectivity index (χ0n) is 18.6. The van der Waals surface area contributed by atoms with Crippen LogP contribution in [0.2, 0.25) is 0 Å². The van der Waals surface area contributed by atoms with Crippen molar-refractivity contribution in [2.75, 3.05) is 11.1 Å². The summed E-state index contributed by atoms with van der Waals surface area (Å²) >= 11 is 1.44. The lowest BCUT2D eigenvalue weighted by molar-refractivity contribution is -0.121. The second kappa shape index (κ2) is 8.82. The molecule has 4 aromatic rings. The van der Waals surface area contributed by atoms with Crippen molar-refractivity contribution in [2.24, 2.45) is 11.7 Å². The number of nitrogens with two attached hydrogens (primary N) is 2. The van der Waals surface area contributed by atoms with E-state index < -0.39 is 5.91 Å². The lowest BCUT2D eigenvalue weighted by atomic mass is 9.85. The maximum absolute atomic E-state index is 12.7. The smallest absolute Gasteiger partial charge is 0.248 e. The van der Waals surface area contributed by atoms with Crippen molar-refractivity contribution < 1.29 is 9.59 Å². The molecule has 1 saturated carbocycles. The molecular formula is C23H24N8O2S. The highest BCUT2D eigenvalue weighted by Gasteiger charge is 2.29. The summed E-state index contributed by atoms with van der Waals surface area (Å²) in [6, 6.07) is 6.98. The van der Waals surface area contributed by atoms with Crippen LogP contribution in [0.5, 0.6) is 0 Å². The van der Waals surface area contributed by atoms with Gasteiger partial charge < -0.3 is 21.4 Å². The van der Waals surface area contributed by atoms with E-state index in [0.717, 1.165) is 31.4 Å². The minimum atomic E-state index is -0.522. The standard InChI is InChI=1S/C23H24N8O2S/c1-12-10-34-23(27-12)30-22(33)13-5-7-16(8-6-13)31-11-26-17-18(24)28-20(29-21(17)31)15-4-2-3-14(9-15)19(25)32/h2-4,9-11,13,16H,5-8H2,1H3,(H2,25,32)(H2,24,28,29)(H,27,30,33). The summed E-state index contributed by atoms with van der Waals surface area (Å²) in [5, 5.41) is 5.50. The average molecular weight is 477 g/mol. The van der Waals surface area contributed by atoms with Crippen LogP contribution in [-0.2, 0) is 4.79 Å². The van der Waals surface area contributed by atoms with Crippen LogP contribution >= 0.6 is 11.3 Å². The van der Waals surface area contributed by atoms with Crippen molar-refractivity contribution in [1.82, 2.24) is 24.5 Å². The minimum absolute atomic E-state index is 0.0199. The number of primary amides is 1. The van der Waals surface area contributed by atoms with Crippen LogP contribution in [-0.4, -0.2) is 36.3 Å². The molecule has 1 aromatic carbocycles. The lowest BCUT2D eigenvalue weighted by Gasteiger charge is -2.28. The zero-order valence-corrected chi connectivity index (χ0v) is 19.4. The summed E-state index contributed by atoms with van der Waals surface area (Å²) in [5.74, 6) is 0.122. The van der Waals surface area contributed by atoms with E-state index in [1.807, 2.05) is 22.9 Å². The molecule has 10 nitrogen and oxygen atoms in total. The molecule has 0 saturated heterocycles. The number of nitrogens with one attached hydrogen (secondary N) is 1. The van der Waals surface area contributed by atoms with Gasteiger partial charge in [-0.05, 0) is 44.7 Å². The first-order valence-corrected chi connectivity index (χ1v) is 11.9. The number of anilines is 2. The van der Waals surface area contributed by atoms with Gasteiger partial charge in [0.05, 0.1) is 12.0 Å². The molecule has 0 unspecified atom stereocenters. The molecule has 34 heavy (non-hydrogen) atoms. The van der Waals surface area contributed by atoms with Crippen LogP contribution in [0.4, 0.5) is 10.9 Å². The Kier molecular flexibility index (Phi) is 5.70. The van der Waals surface area contributed by atoms with Crippen LogP contribution in [0.25, 0.3) is 22.6 Å². The molecule has 3 aromatic heterocycles. The fourth-order valence-electron chi connectivity index (χ4n) is 4.38. The number of hydrogen-bond donors (Lipinski definition) is 3. The Morgan fingerprint density at radius 2 is 1.94 bits per heavy atom. The van der Waals surface area contributed by atoms with Gasteiger partial charge in [0.25, 0.3) is 0 Å². The van der Waals surface area contributed by atoms with E-state index in [2.05, 4.69) is 20.3 Å². The molecule has 1 aliphatic carbocycles. The first-order valence-electron chi connectivity index (χ1n) is 11.0. The number of hydrogen-bond acceptors (Lipinski definition) is 8. The Balaban J connectivity index is 1.36. The number of carbonyl (C=O) groups excluding carboxylic acids is 2. The van der Waals surface area contributed by atoms with Gasteiger partial charge in [-0.25, -0.2) is 19.9 Å². The number of nitrogen functional groups attached to an aromatic ring is 1. The largest absolute Gasteiger partial charge is 0.382 e. The first kappa shape index (κ1) is 22.0. The molecule has 0 atom stereocenters. The highest BCUT2D eigenvalue weighted by molar-refractivity contribution is 7.13. The summed E-state index contributed by atoms with van der Waals surface area (Å²) < 4.78 is 2.02. The maximum atomic E-state index is 12.7. The summed E-state index contributed by atoms with van der Waals surface area (Å²) in [5.41, 5.74) is 14.7. The van der Waals surface area contributed by atoms with Gasteiger partial charge in [-0.15, -0.1) is 11.3 Å². The molecule has 1 fully saturated rings. The average Bonchev–Trinajstić information content (AvgIpc) is 3.45. The third-order valence-electron chi connectivity index (χ3n) is 6.16. The van der Waals surface area contributed by atoms with Crippen molar-refractivity contribution in [1.29, 1.82) is 0 Å². The van der Waals surface area contributed by atoms with Gasteiger partial charge in [0.15, 0.2) is 22.4 Å². The van der Waals surface area contributed by atoms with E-state index in [-0.39, 0.29) is 23.7 Å². The summed E-state index contributed by atoms with van der Waals surface area (Å²) in [6.07, 6.45) is 4.89. The van der Waals surface area contributed by atoms with E-state index in [1.54, 1.807) is 24.5 Å². The normalized spacial score (nSPS) is 18.1. The number of aryl methyl sites for hydroxylation is 1. The first-order chi connectivity index (χ1) is 16.4. The molecule has 11 heteroatoms. The Hall–Kier alpha value is -3.86. The number of rotatable bonds is 5. The van der Waals surface area contributed by atoms with Gasteiger partial charge in [0.1, 0.15) is 5.52 Å². The van der Waals surface area contributed by atoms with Crippen molar-refractivity contribution in [2.45, 2.75) is 38.6 Å². The van der Waals surface area contributed by atoms with Crippen LogP contribution in [0.1, 0.15) is 47.8 Å². The molecule has 5 rings (SSSR count). The predicted molar refractivity (Wildman–Crippen MR) is 130 cm³/mol. The van der Waals surface area contributed by atoms with Crippen molar-refractivity contribution in [3.8, 4) is 11.4 Å². The highest BCUT2D eigenvalue weighted by atomic mass is 32.1. The Morgan fingerprint density at radius 3 is 2.65 bits per heavy atom. The fraction of sp³-hybridized carbons (Fsp3) is 0.304. The number of carbonyl (C=O) groups is 2. The topological polar surface area (TPSA) is 155 Å². The second-order valence-electron chi connectivity index (χ2n) is 8.49. The number of nitrogens with zero attached hydrogens (tertiary/aromatic N) is 5. The molecule has 0 radical (unpaired) electrons. The SMILES string of the molecule is Cc1csc(NC(=O)C2CCC(n3cnc4c(N)nc(-c5cccc(C(N)=O)c5)nc43)CC2)n1. The number of amides is 2. The monoisotopic (exact) mass is 476 g/mol. The van der Waals surface area contributed by atoms with E-state index in [1.165, 1.54) is 11.3 Å². The molecule has 174 valence electrons. The third-order valence-corrected chi connectivity index (χ3v) is 7.04. The van der Waals surface area contributed by atoms with E-state index >= 15 is 0 Å². The van der Waals surface area contributed by atoms with Crippen LogP contribution < -0.4 is 16.8 Å². The van der Waals surface area contributed by atoms with Gasteiger partial charge in [0.2, 0.25) is 11.8 Å². The van der Waals surface area contributed by atoms with Gasteiger partial charge >= 0.3 is 0 Å². The minimum Gasteiger partial charge on any atom is -0.382 e. The molecule has 5 N–H and O–H groups in total. The lowest BCUT2D eigenvalue weighted by Crippen LogP contribution is -2.28. The Labute approximate surface area is 199 Å². The Bertz CT molecular complexity index is 1390. The summed E-state index contributed by atoms with van der Waals surface area (Å²) in [4.78, 5) is 42.1. The molecule has 0 bridgehead atoms. The van der Waals surface area contributed by atoms with Crippen LogP contribution in [0.3, 0.4) is 0 Å². The zero-order chi connectivity index (χ0) is 23.8. The molecule has 2 amide bonds. The van der Waals surface area contributed by atoms with Gasteiger partial charge in [-0.1, -0.05) is 12.1 Å². The third kappa shape index (κ3) is 4.21. The summed E-state index contributed by atoms with van der Waals surface area (Å²) in [6.45, 7) is 1.91. The second-order valence-corrected chi connectivity index (χ2v) is 9.35. The predicted octanol–water partition coefficient (Wildman–Crippen LogP) is 3.31. The summed E-state index contributed by atoms with van der Waals surface area (Å²) in [7, 11) is 0. The number of imidazole rings is 1. The van der Waals surface area contributed by atoms with E-state index in [0.29, 0.717) is 33.2 Å². The molecule has 3 heterocycles. The molecule has 0 spiro atoms. The van der Waals surface area contributed by atoms with Gasteiger partial charge in [0, 0.05) is 28.5 Å². The number of fused-ring (bicyclic) bond motifs is 1. The Morgan fingerprint density at radius 1 is 1.15 bits per heavy atom. The van der Waals surface area contributed by atoms with Crippen LogP contribution in [0, 0.1) is 12.8 Å². The van der Waals surface area contributed by atoms with E-state index in [9.17, 15) is 9.59 Å². The van der Waals surface area contributed by atoms with Crippen molar-refractivity contribution in [3.05, 3.63) is 47.2 Å². The van der Waals surface area contributed by atoms with Crippen molar-refractivity contribution in [3.63, 3.8) is 0 Å². The van der Waals surface area contributed by atoms with Crippen molar-refractivity contribution >= 4 is 45.3 Å². The molecular weight excluding hydrogens is 452 g/mol. The quantitative estimate of drug-likeness (QED) is 0.399. The number of thiazole rings is 1.